The van der Waals surface area contributed by atoms with Gasteiger partial charge in [-0.15, -0.1) is 0 Å². The molecule has 0 atom stereocenters. The van der Waals surface area contributed by atoms with E-state index in [2.05, 4.69) is 4.72 Å². The molecule has 0 aromatic heterocycles. The van der Waals surface area contributed by atoms with Crippen LogP contribution in [0, 0.1) is 5.82 Å². The Labute approximate surface area is 204 Å². The number of sulfonamides is 1. The van der Waals surface area contributed by atoms with Crippen molar-refractivity contribution in [3.05, 3.63) is 107 Å². The molecule has 4 rings (SSSR count). The highest BCUT2D eigenvalue weighted by molar-refractivity contribution is 7.89. The Balaban J connectivity index is 1.38. The van der Waals surface area contributed by atoms with Crippen molar-refractivity contribution in [1.82, 2.24) is 9.62 Å². The molecule has 4 aromatic carbocycles. The zero-order chi connectivity index (χ0) is 25.0. The van der Waals surface area contributed by atoms with E-state index < -0.39 is 15.8 Å². The van der Waals surface area contributed by atoms with Crippen molar-refractivity contribution in [3.8, 4) is 5.75 Å². The Bertz CT molecular complexity index is 1470. The van der Waals surface area contributed by atoms with Crippen LogP contribution in [0.25, 0.3) is 10.8 Å². The minimum absolute atomic E-state index is 0.0879. The zero-order valence-electron chi connectivity index (χ0n) is 19.4. The average Bonchev–Trinajstić information content (AvgIpc) is 2.87. The Kier molecular flexibility index (Phi) is 7.14. The number of rotatable bonds is 8. The first-order chi connectivity index (χ1) is 16.8. The Morgan fingerprint density at radius 1 is 0.914 bits per heavy atom. The van der Waals surface area contributed by atoms with Crippen LogP contribution in [0.3, 0.4) is 0 Å². The Morgan fingerprint density at radius 2 is 1.60 bits per heavy atom. The highest BCUT2D eigenvalue weighted by Crippen LogP contribution is 2.20. The van der Waals surface area contributed by atoms with Crippen molar-refractivity contribution < 1.29 is 22.3 Å². The summed E-state index contributed by atoms with van der Waals surface area (Å²) in [6, 6.07) is 23.8. The van der Waals surface area contributed by atoms with Gasteiger partial charge in [0.1, 0.15) is 0 Å². The van der Waals surface area contributed by atoms with E-state index in [1.54, 1.807) is 55.6 Å². The number of amides is 1. The molecule has 0 fully saturated rings. The molecule has 1 amide bonds. The van der Waals surface area contributed by atoms with Crippen LogP contribution < -0.4 is 9.46 Å². The van der Waals surface area contributed by atoms with Crippen LogP contribution >= 0.6 is 0 Å². The molecule has 0 unspecified atom stereocenters. The monoisotopic (exact) mass is 492 g/mol. The minimum atomic E-state index is -3.70. The van der Waals surface area contributed by atoms with Gasteiger partial charge in [0.15, 0.2) is 11.6 Å². The van der Waals surface area contributed by atoms with Crippen molar-refractivity contribution in [2.24, 2.45) is 0 Å². The summed E-state index contributed by atoms with van der Waals surface area (Å²) in [4.78, 5) is 14.5. The van der Waals surface area contributed by atoms with Crippen molar-refractivity contribution in [2.75, 3.05) is 14.2 Å². The van der Waals surface area contributed by atoms with Gasteiger partial charge in [-0.1, -0.05) is 48.5 Å². The first kappa shape index (κ1) is 24.4. The summed E-state index contributed by atoms with van der Waals surface area (Å²) in [5.41, 5.74) is 1.80. The van der Waals surface area contributed by atoms with Gasteiger partial charge in [0.05, 0.1) is 12.0 Å². The van der Waals surface area contributed by atoms with Gasteiger partial charge in [-0.25, -0.2) is 17.5 Å². The Morgan fingerprint density at radius 3 is 2.29 bits per heavy atom. The van der Waals surface area contributed by atoms with Crippen LogP contribution in [0.2, 0.25) is 0 Å². The molecule has 0 radical (unpaired) electrons. The fourth-order valence-corrected chi connectivity index (χ4v) is 4.79. The quantitative estimate of drug-likeness (QED) is 0.386. The smallest absolute Gasteiger partial charge is 0.253 e. The number of benzene rings is 4. The molecule has 1 N–H and O–H groups in total. The third-order valence-electron chi connectivity index (χ3n) is 5.68. The summed E-state index contributed by atoms with van der Waals surface area (Å²) in [6.45, 7) is 0.317. The number of nitrogens with zero attached hydrogens (tertiary/aromatic N) is 1. The van der Waals surface area contributed by atoms with E-state index in [1.165, 1.54) is 24.1 Å². The second-order valence-corrected chi connectivity index (χ2v) is 9.93. The number of hydrogen-bond donors (Lipinski definition) is 1. The molecule has 0 heterocycles. The fraction of sp³-hybridized carbons (Fsp3) is 0.148. The maximum absolute atomic E-state index is 13.9. The molecule has 0 spiro atoms. The highest BCUT2D eigenvalue weighted by atomic mass is 32.2. The second-order valence-electron chi connectivity index (χ2n) is 8.16. The minimum Gasteiger partial charge on any atom is -0.494 e. The standard InChI is InChI=1S/C27H25FN2O4S/c1-30(18-20-9-14-26(34-2)25(28)15-20)27(31)22-10-7-19(8-11-22)17-29-35(32,33)24-13-12-21-5-3-4-6-23(21)16-24/h3-16,29H,17-18H2,1-2H3. The van der Waals surface area contributed by atoms with Crippen LogP contribution in [-0.2, 0) is 23.1 Å². The molecular weight excluding hydrogens is 467 g/mol. The lowest BCUT2D eigenvalue weighted by Crippen LogP contribution is -2.26. The van der Waals surface area contributed by atoms with Gasteiger partial charge < -0.3 is 9.64 Å². The molecule has 0 aliphatic heterocycles. The molecule has 0 bridgehead atoms. The lowest BCUT2D eigenvalue weighted by Gasteiger charge is -2.18. The van der Waals surface area contributed by atoms with Crippen LogP contribution in [0.5, 0.6) is 5.75 Å². The van der Waals surface area contributed by atoms with Crippen LogP contribution in [-0.4, -0.2) is 33.4 Å². The average molecular weight is 493 g/mol. The second kappa shape index (κ2) is 10.2. The molecule has 0 aliphatic rings. The van der Waals surface area contributed by atoms with Crippen molar-refractivity contribution in [3.63, 3.8) is 0 Å². The molecule has 180 valence electrons. The van der Waals surface area contributed by atoms with E-state index in [4.69, 9.17) is 4.74 Å². The number of hydrogen-bond acceptors (Lipinski definition) is 4. The van der Waals surface area contributed by atoms with Gasteiger partial charge in [-0.3, -0.25) is 4.79 Å². The highest BCUT2D eigenvalue weighted by Gasteiger charge is 2.16. The number of carbonyl (C=O) groups is 1. The van der Waals surface area contributed by atoms with Gasteiger partial charge in [0.25, 0.3) is 5.91 Å². The van der Waals surface area contributed by atoms with E-state index in [9.17, 15) is 17.6 Å². The van der Waals surface area contributed by atoms with Gasteiger partial charge in [0.2, 0.25) is 10.0 Å². The molecule has 0 saturated heterocycles. The van der Waals surface area contributed by atoms with Crippen molar-refractivity contribution in [1.29, 1.82) is 0 Å². The van der Waals surface area contributed by atoms with Gasteiger partial charge >= 0.3 is 0 Å². The Hall–Kier alpha value is -3.75. The van der Waals surface area contributed by atoms with E-state index in [0.717, 1.165) is 10.8 Å². The van der Waals surface area contributed by atoms with E-state index in [-0.39, 0.29) is 29.6 Å². The zero-order valence-corrected chi connectivity index (χ0v) is 20.2. The van der Waals surface area contributed by atoms with Crippen molar-refractivity contribution in [2.45, 2.75) is 18.0 Å². The molecule has 8 heteroatoms. The fourth-order valence-electron chi connectivity index (χ4n) is 3.74. The number of halogens is 1. The van der Waals surface area contributed by atoms with E-state index >= 15 is 0 Å². The van der Waals surface area contributed by atoms with Gasteiger partial charge in [0, 0.05) is 25.7 Å². The predicted octanol–water partition coefficient (Wildman–Crippen LogP) is 4.74. The normalized spacial score (nSPS) is 11.4. The predicted molar refractivity (Wildman–Crippen MR) is 133 cm³/mol. The molecule has 0 saturated carbocycles. The van der Waals surface area contributed by atoms with Crippen molar-refractivity contribution >= 4 is 26.7 Å². The summed E-state index contributed by atoms with van der Waals surface area (Å²) in [7, 11) is -0.668. The van der Waals surface area contributed by atoms with Gasteiger partial charge in [-0.05, 0) is 58.3 Å². The van der Waals surface area contributed by atoms with E-state index in [1.807, 2.05) is 24.3 Å². The number of nitrogens with one attached hydrogen (secondary N) is 1. The van der Waals surface area contributed by atoms with Gasteiger partial charge in [-0.2, -0.15) is 0 Å². The topological polar surface area (TPSA) is 75.7 Å². The summed E-state index contributed by atoms with van der Waals surface area (Å²) in [5.74, 6) is -0.569. The molecule has 35 heavy (non-hydrogen) atoms. The number of ether oxygens (including phenoxy) is 1. The first-order valence-electron chi connectivity index (χ1n) is 10.9. The van der Waals surface area contributed by atoms with Crippen LogP contribution in [0.4, 0.5) is 4.39 Å². The lowest BCUT2D eigenvalue weighted by atomic mass is 10.1. The largest absolute Gasteiger partial charge is 0.494 e. The number of fused-ring (bicyclic) bond motifs is 1. The lowest BCUT2D eigenvalue weighted by molar-refractivity contribution is 0.0785. The summed E-state index contributed by atoms with van der Waals surface area (Å²) in [5, 5.41) is 1.81. The summed E-state index contributed by atoms with van der Waals surface area (Å²) < 4.78 is 46.9. The first-order valence-corrected chi connectivity index (χ1v) is 12.4. The van der Waals surface area contributed by atoms with E-state index in [0.29, 0.717) is 16.7 Å². The third-order valence-corrected chi connectivity index (χ3v) is 7.08. The maximum atomic E-state index is 13.9. The number of carbonyl (C=O) groups excluding carboxylic acids is 1. The number of methoxy groups -OCH3 is 1. The SMILES string of the molecule is COc1ccc(CN(C)C(=O)c2ccc(CNS(=O)(=O)c3ccc4ccccc4c3)cc2)cc1F. The van der Waals surface area contributed by atoms with Crippen LogP contribution in [0.1, 0.15) is 21.5 Å². The molecule has 4 aromatic rings. The molecule has 0 aliphatic carbocycles. The molecular formula is C27H25FN2O4S. The molecule has 6 nitrogen and oxygen atoms in total. The summed E-state index contributed by atoms with van der Waals surface area (Å²) in [6.07, 6.45) is 0. The van der Waals surface area contributed by atoms with Crippen LogP contribution in [0.15, 0.2) is 89.8 Å². The summed E-state index contributed by atoms with van der Waals surface area (Å²) >= 11 is 0. The maximum Gasteiger partial charge on any atom is 0.253 e. The third kappa shape index (κ3) is 5.67.